The Kier molecular flexibility index (Phi) is 13.6. The number of anilines is 1. The van der Waals surface area contributed by atoms with Crippen LogP contribution in [-0.4, -0.2) is 106 Å². The number of imide groups is 1. The topological polar surface area (TPSA) is 183 Å². The molecule has 3 aromatic carbocycles. The third-order valence-corrected chi connectivity index (χ3v) is 15.7. The van der Waals surface area contributed by atoms with Crippen LogP contribution in [-0.2, 0) is 14.4 Å². The first-order valence-corrected chi connectivity index (χ1v) is 24.7. The second kappa shape index (κ2) is 19.6. The number of carbonyl (C=O) groups excluding carboxylic acids is 4. The highest BCUT2D eigenvalue weighted by atomic mass is 35.5. The number of aromatic nitrogens is 3. The van der Waals surface area contributed by atoms with Gasteiger partial charge in [-0.1, -0.05) is 56.4 Å². The van der Waals surface area contributed by atoms with E-state index in [1.807, 2.05) is 30.3 Å². The molecule has 1 saturated carbocycles. The van der Waals surface area contributed by atoms with Gasteiger partial charge < -0.3 is 24.8 Å². The second-order valence-electron chi connectivity index (χ2n) is 20.8. The van der Waals surface area contributed by atoms with Gasteiger partial charge in [0.2, 0.25) is 11.8 Å². The third kappa shape index (κ3) is 9.95. The number of ether oxygens (including phenoxy) is 1. The van der Waals surface area contributed by atoms with E-state index in [4.69, 9.17) is 16.3 Å². The molecule has 5 fully saturated rings. The minimum absolute atomic E-state index is 0.0251. The van der Waals surface area contributed by atoms with Crippen molar-refractivity contribution in [3.8, 4) is 23.7 Å². The van der Waals surface area contributed by atoms with E-state index in [2.05, 4.69) is 81.3 Å². The first kappa shape index (κ1) is 47.8. The van der Waals surface area contributed by atoms with Gasteiger partial charge in [0, 0.05) is 90.7 Å². The Hall–Kier alpha value is -6.29. The molecule has 0 radical (unpaired) electrons. The van der Waals surface area contributed by atoms with Gasteiger partial charge >= 0.3 is 0 Å². The first-order chi connectivity index (χ1) is 33.1. The summed E-state index contributed by atoms with van der Waals surface area (Å²) in [5.41, 5.74) is 2.05. The lowest BCUT2D eigenvalue weighted by molar-refractivity contribution is -0.164. The minimum atomic E-state index is -0.878. The molecule has 4 saturated heterocycles. The fourth-order valence-electron chi connectivity index (χ4n) is 11.7. The van der Waals surface area contributed by atoms with E-state index in [1.165, 1.54) is 0 Å². The zero-order chi connectivity index (χ0) is 48.6. The number of nitriles is 1. The van der Waals surface area contributed by atoms with Crippen LogP contribution in [0.25, 0.3) is 10.9 Å². The third-order valence-electron chi connectivity index (χ3n) is 15.4. The number of nitrogens with zero attached hydrogens (tertiary/aromatic N) is 7. The summed E-state index contributed by atoms with van der Waals surface area (Å²) in [5.74, 6) is 7.53. The largest absolute Gasteiger partial charge is 0.489 e. The number of benzene rings is 3. The molecule has 4 amide bonds. The van der Waals surface area contributed by atoms with E-state index in [9.17, 15) is 29.2 Å². The summed E-state index contributed by atoms with van der Waals surface area (Å²) in [6.07, 6.45) is 5.69. The van der Waals surface area contributed by atoms with Crippen molar-refractivity contribution in [3.63, 3.8) is 0 Å². The number of halogens is 1. The van der Waals surface area contributed by atoms with Crippen molar-refractivity contribution in [1.82, 2.24) is 35.4 Å². The molecule has 1 unspecified atom stereocenters. The summed E-state index contributed by atoms with van der Waals surface area (Å²) in [6.45, 7) is 14.4. The van der Waals surface area contributed by atoms with Crippen molar-refractivity contribution >= 4 is 51.8 Å². The van der Waals surface area contributed by atoms with Crippen molar-refractivity contribution in [2.45, 2.75) is 97.2 Å². The summed E-state index contributed by atoms with van der Waals surface area (Å²) in [7, 11) is 0. The lowest BCUT2D eigenvalue weighted by Gasteiger charge is -2.63. The number of carbonyl (C=O) groups is 4. The van der Waals surface area contributed by atoms with Crippen LogP contribution in [0.4, 0.5) is 5.69 Å². The van der Waals surface area contributed by atoms with E-state index in [-0.39, 0.29) is 59.5 Å². The molecule has 69 heavy (non-hydrogen) atoms. The van der Waals surface area contributed by atoms with Crippen LogP contribution in [0, 0.1) is 51.8 Å². The molecule has 360 valence electrons. The van der Waals surface area contributed by atoms with Crippen LogP contribution in [0.15, 0.2) is 65.5 Å². The summed E-state index contributed by atoms with van der Waals surface area (Å²) in [4.78, 5) is 71.5. The number of hydrogen-bond donors (Lipinski definition) is 2. The minimum Gasteiger partial charge on any atom is -0.489 e. The number of amides is 4. The maximum absolute atomic E-state index is 13.7. The van der Waals surface area contributed by atoms with Gasteiger partial charge in [0.1, 0.15) is 29.5 Å². The molecule has 15 nitrogen and oxygen atoms in total. The van der Waals surface area contributed by atoms with E-state index in [0.717, 1.165) is 87.2 Å². The SMILES string of the molecule is CC1(C)[C@H](NC(=O)c2ccc(C#CC3CCN(CC4CCN(C(=O)C5CCN(c6ccc7nnn(C8CCC(=O)NC8=O)c(=O)c7c6)CC5)CC4)CC3)cc2)C(C)(C)[C@H]1Oc1ccc(C#N)c(Cl)c1. The maximum atomic E-state index is 13.7. The van der Waals surface area contributed by atoms with Gasteiger partial charge in [-0.05, 0) is 119 Å². The number of hydrogen-bond acceptors (Lipinski definition) is 11. The zero-order valence-electron chi connectivity index (χ0n) is 39.8. The van der Waals surface area contributed by atoms with Gasteiger partial charge in [0.15, 0.2) is 0 Å². The number of nitrogens with one attached hydrogen (secondary N) is 2. The van der Waals surface area contributed by atoms with Gasteiger partial charge in [0.05, 0.1) is 16.0 Å². The fourth-order valence-corrected chi connectivity index (χ4v) is 11.9. The van der Waals surface area contributed by atoms with Crippen molar-refractivity contribution < 1.29 is 23.9 Å². The Morgan fingerprint density at radius 3 is 2.25 bits per heavy atom. The van der Waals surface area contributed by atoms with E-state index in [0.29, 0.717) is 57.7 Å². The molecule has 4 aromatic rings. The van der Waals surface area contributed by atoms with Gasteiger partial charge in [-0.2, -0.15) is 9.94 Å². The summed E-state index contributed by atoms with van der Waals surface area (Å²) in [5, 5.41) is 23.7. The van der Waals surface area contributed by atoms with Crippen LogP contribution in [0.5, 0.6) is 5.75 Å². The smallest absolute Gasteiger partial charge is 0.278 e. The molecule has 5 heterocycles. The standard InChI is InChI=1S/C53H60ClN9O6/c1-52(2)50(53(3,4)51(52)69-40-13-11-38(31-55)42(54)30-40)57-46(65)36-9-7-33(8-10-36)5-6-34-17-23-60(24-18-34)32-35-19-25-62(26-20-35)48(67)37-21-27-61(28-22-37)39-12-14-43-41(29-39)49(68)63(59-58-43)44-15-16-45(64)56-47(44)66/h7-14,29-30,34-35,37,44,50-51H,15-28,32H2,1-4H3,(H,57,65)(H,56,64,66)/t44?,50-,51-. The Bertz CT molecular complexity index is 2790. The Morgan fingerprint density at radius 1 is 0.870 bits per heavy atom. The number of rotatable bonds is 9. The number of likely N-dealkylation sites (tertiary alicyclic amines) is 2. The van der Waals surface area contributed by atoms with Crippen LogP contribution >= 0.6 is 11.6 Å². The van der Waals surface area contributed by atoms with Gasteiger partial charge in [-0.25, -0.2) is 0 Å². The highest BCUT2D eigenvalue weighted by Crippen LogP contribution is 2.55. The van der Waals surface area contributed by atoms with Gasteiger partial charge in [0.25, 0.3) is 17.4 Å². The Morgan fingerprint density at radius 2 is 1.58 bits per heavy atom. The molecule has 2 N–H and O–H groups in total. The fraction of sp³-hybridized carbons (Fsp3) is 0.509. The number of piperidine rings is 4. The molecule has 0 spiro atoms. The molecule has 1 atom stereocenters. The lowest BCUT2D eigenvalue weighted by Crippen LogP contribution is -2.74. The highest BCUT2D eigenvalue weighted by molar-refractivity contribution is 6.31. The normalized spacial score (nSPS) is 23.3. The predicted octanol–water partition coefficient (Wildman–Crippen LogP) is 6.12. The van der Waals surface area contributed by atoms with E-state index >= 15 is 0 Å². The molecule has 1 aromatic heterocycles. The van der Waals surface area contributed by atoms with E-state index in [1.54, 1.807) is 30.3 Å². The number of fused-ring (bicyclic) bond motifs is 1. The van der Waals surface area contributed by atoms with Crippen LogP contribution in [0.3, 0.4) is 0 Å². The molecule has 0 bridgehead atoms. The molecule has 16 heteroatoms. The molecule has 5 aliphatic rings. The quantitative estimate of drug-likeness (QED) is 0.146. The van der Waals surface area contributed by atoms with Crippen molar-refractivity contribution in [2.75, 3.05) is 50.7 Å². The maximum Gasteiger partial charge on any atom is 0.278 e. The Balaban J connectivity index is 0.687. The van der Waals surface area contributed by atoms with Crippen LogP contribution in [0.1, 0.15) is 107 Å². The average Bonchev–Trinajstić information content (AvgIpc) is 3.35. The van der Waals surface area contributed by atoms with Crippen molar-refractivity contribution in [3.05, 3.63) is 92.7 Å². The van der Waals surface area contributed by atoms with Crippen molar-refractivity contribution in [2.24, 2.45) is 28.6 Å². The first-order valence-electron chi connectivity index (χ1n) is 24.4. The highest BCUT2D eigenvalue weighted by Gasteiger charge is 2.64. The molecule has 4 aliphatic heterocycles. The Labute approximate surface area is 407 Å². The molecular formula is C53H60ClN9O6. The van der Waals surface area contributed by atoms with Crippen molar-refractivity contribution in [1.29, 1.82) is 5.26 Å². The average molecular weight is 955 g/mol. The van der Waals surface area contributed by atoms with Gasteiger partial charge in [-0.15, -0.1) is 5.10 Å². The lowest BCUT2D eigenvalue weighted by atomic mass is 9.49. The van der Waals surface area contributed by atoms with E-state index < -0.39 is 17.5 Å². The summed E-state index contributed by atoms with van der Waals surface area (Å²) in [6, 6.07) is 19.2. The molecule has 1 aliphatic carbocycles. The van der Waals surface area contributed by atoms with Crippen LogP contribution in [0.2, 0.25) is 5.02 Å². The molecular weight excluding hydrogens is 894 g/mol. The molecule has 9 rings (SSSR count). The predicted molar refractivity (Wildman–Crippen MR) is 261 cm³/mol. The van der Waals surface area contributed by atoms with Crippen LogP contribution < -0.4 is 25.8 Å². The van der Waals surface area contributed by atoms with Gasteiger partial charge in [-0.3, -0.25) is 29.3 Å². The second-order valence-corrected chi connectivity index (χ2v) is 21.2. The summed E-state index contributed by atoms with van der Waals surface area (Å²) < 4.78 is 7.46. The zero-order valence-corrected chi connectivity index (χ0v) is 40.6. The monoisotopic (exact) mass is 953 g/mol. The summed E-state index contributed by atoms with van der Waals surface area (Å²) >= 11 is 6.26.